The monoisotopic (exact) mass is 443 g/mol. The summed E-state index contributed by atoms with van der Waals surface area (Å²) in [6, 6.07) is 12.7. The zero-order valence-corrected chi connectivity index (χ0v) is 18.9. The molecule has 166 valence electrons. The van der Waals surface area contributed by atoms with E-state index in [4.69, 9.17) is 0 Å². The number of carbonyl (C=O) groups is 2. The van der Waals surface area contributed by atoms with Crippen LogP contribution >= 0.6 is 0 Å². The number of anilines is 2. The number of rotatable bonds is 6. The molecule has 0 bridgehead atoms. The van der Waals surface area contributed by atoms with Gasteiger partial charge in [0.2, 0.25) is 21.8 Å². The second-order valence-electron chi connectivity index (χ2n) is 8.10. The van der Waals surface area contributed by atoms with Crippen molar-refractivity contribution < 1.29 is 18.0 Å². The van der Waals surface area contributed by atoms with Crippen LogP contribution in [-0.4, -0.2) is 37.1 Å². The highest BCUT2D eigenvalue weighted by Gasteiger charge is 2.37. The van der Waals surface area contributed by atoms with Gasteiger partial charge in [0.15, 0.2) is 0 Å². The lowest BCUT2D eigenvalue weighted by Crippen LogP contribution is -2.49. The summed E-state index contributed by atoms with van der Waals surface area (Å²) >= 11 is 0. The minimum atomic E-state index is -3.78. The van der Waals surface area contributed by atoms with Crippen molar-refractivity contribution >= 4 is 33.2 Å². The SMILES string of the molecule is Cc1ccc(NC(=O)C(C)C)cc1NC(=O)C1CCCCN1S(=O)(=O)c1ccccc1. The van der Waals surface area contributed by atoms with Gasteiger partial charge >= 0.3 is 0 Å². The fourth-order valence-electron chi connectivity index (χ4n) is 3.52. The first kappa shape index (κ1) is 23.0. The molecule has 0 aromatic heterocycles. The molecule has 1 unspecified atom stereocenters. The van der Waals surface area contributed by atoms with Crippen molar-refractivity contribution in [2.24, 2.45) is 5.92 Å². The predicted octanol–water partition coefficient (Wildman–Crippen LogP) is 3.77. The Morgan fingerprint density at radius 1 is 1.03 bits per heavy atom. The highest BCUT2D eigenvalue weighted by molar-refractivity contribution is 7.89. The van der Waals surface area contributed by atoms with Crippen molar-refractivity contribution in [1.82, 2.24) is 4.31 Å². The molecule has 0 aliphatic carbocycles. The number of benzene rings is 2. The summed E-state index contributed by atoms with van der Waals surface area (Å²) < 4.78 is 27.6. The standard InChI is InChI=1S/C23H29N3O4S/c1-16(2)22(27)24-18-13-12-17(3)20(15-18)25-23(28)21-11-7-8-14-26(21)31(29,30)19-9-5-4-6-10-19/h4-6,9-10,12-13,15-16,21H,7-8,11,14H2,1-3H3,(H,24,27)(H,25,28). The van der Waals surface area contributed by atoms with E-state index in [-0.39, 0.29) is 22.6 Å². The van der Waals surface area contributed by atoms with Crippen LogP contribution in [0.2, 0.25) is 0 Å². The Hall–Kier alpha value is -2.71. The maximum Gasteiger partial charge on any atom is 0.243 e. The van der Waals surface area contributed by atoms with Gasteiger partial charge in [0.1, 0.15) is 6.04 Å². The molecule has 2 N–H and O–H groups in total. The smallest absolute Gasteiger partial charge is 0.243 e. The molecule has 3 rings (SSSR count). The van der Waals surface area contributed by atoms with Crippen molar-refractivity contribution in [2.45, 2.75) is 51.0 Å². The molecule has 31 heavy (non-hydrogen) atoms. The van der Waals surface area contributed by atoms with Crippen LogP contribution in [0.5, 0.6) is 0 Å². The molecule has 0 saturated carbocycles. The first-order valence-corrected chi connectivity index (χ1v) is 11.9. The van der Waals surface area contributed by atoms with Gasteiger partial charge in [-0.1, -0.05) is 44.5 Å². The van der Waals surface area contributed by atoms with Crippen LogP contribution in [-0.2, 0) is 19.6 Å². The second kappa shape index (κ2) is 9.62. The summed E-state index contributed by atoms with van der Waals surface area (Å²) in [6.07, 6.45) is 1.95. The summed E-state index contributed by atoms with van der Waals surface area (Å²) in [7, 11) is -3.78. The Kier molecular flexibility index (Phi) is 7.12. The number of piperidine rings is 1. The Balaban J connectivity index is 1.82. The average molecular weight is 444 g/mol. The Morgan fingerprint density at radius 2 is 1.74 bits per heavy atom. The van der Waals surface area contributed by atoms with E-state index in [2.05, 4.69) is 10.6 Å². The number of amides is 2. The Morgan fingerprint density at radius 3 is 2.42 bits per heavy atom. The average Bonchev–Trinajstić information content (AvgIpc) is 2.76. The number of nitrogens with one attached hydrogen (secondary N) is 2. The van der Waals surface area contributed by atoms with Gasteiger partial charge in [0.05, 0.1) is 4.90 Å². The van der Waals surface area contributed by atoms with Gasteiger partial charge in [0.25, 0.3) is 0 Å². The molecule has 1 aliphatic rings. The molecule has 7 nitrogen and oxygen atoms in total. The van der Waals surface area contributed by atoms with Crippen molar-refractivity contribution in [2.75, 3.05) is 17.2 Å². The van der Waals surface area contributed by atoms with Crippen LogP contribution in [0.25, 0.3) is 0 Å². The number of aryl methyl sites for hydroxylation is 1. The first-order chi connectivity index (χ1) is 14.7. The number of nitrogens with zero attached hydrogens (tertiary/aromatic N) is 1. The summed E-state index contributed by atoms with van der Waals surface area (Å²) in [5, 5.41) is 5.70. The predicted molar refractivity (Wildman–Crippen MR) is 121 cm³/mol. The molecule has 8 heteroatoms. The van der Waals surface area contributed by atoms with E-state index in [0.717, 1.165) is 12.0 Å². The molecule has 2 aromatic carbocycles. The fourth-order valence-corrected chi connectivity index (χ4v) is 5.20. The van der Waals surface area contributed by atoms with Crippen molar-refractivity contribution in [1.29, 1.82) is 0 Å². The molecule has 2 amide bonds. The minimum Gasteiger partial charge on any atom is -0.326 e. The zero-order valence-electron chi connectivity index (χ0n) is 18.1. The number of hydrogen-bond acceptors (Lipinski definition) is 4. The molecular weight excluding hydrogens is 414 g/mol. The maximum atomic E-state index is 13.2. The van der Waals surface area contributed by atoms with Gasteiger partial charge < -0.3 is 10.6 Å². The molecule has 1 fully saturated rings. The summed E-state index contributed by atoms with van der Waals surface area (Å²) in [6.45, 7) is 5.76. The van der Waals surface area contributed by atoms with E-state index in [0.29, 0.717) is 30.8 Å². The lowest BCUT2D eigenvalue weighted by atomic mass is 10.0. The number of carbonyl (C=O) groups excluding carboxylic acids is 2. The van der Waals surface area contributed by atoms with E-state index in [1.807, 2.05) is 13.0 Å². The van der Waals surface area contributed by atoms with Gasteiger partial charge in [-0.3, -0.25) is 9.59 Å². The third-order valence-electron chi connectivity index (χ3n) is 5.39. The summed E-state index contributed by atoms with van der Waals surface area (Å²) in [4.78, 5) is 25.3. The van der Waals surface area contributed by atoms with Crippen LogP contribution in [0.3, 0.4) is 0 Å². The minimum absolute atomic E-state index is 0.117. The normalized spacial score (nSPS) is 17.4. The largest absolute Gasteiger partial charge is 0.326 e. The van der Waals surface area contributed by atoms with E-state index >= 15 is 0 Å². The Labute approximate surface area is 183 Å². The highest BCUT2D eigenvalue weighted by Crippen LogP contribution is 2.27. The third kappa shape index (κ3) is 5.32. The molecule has 1 aliphatic heterocycles. The summed E-state index contributed by atoms with van der Waals surface area (Å²) in [5.74, 6) is -0.651. The zero-order chi connectivity index (χ0) is 22.6. The fraction of sp³-hybridized carbons (Fsp3) is 0.391. The molecule has 1 atom stereocenters. The van der Waals surface area contributed by atoms with Crippen LogP contribution in [0.1, 0.15) is 38.7 Å². The lowest BCUT2D eigenvalue weighted by Gasteiger charge is -2.33. The van der Waals surface area contributed by atoms with Crippen molar-refractivity contribution in [3.8, 4) is 0 Å². The molecule has 0 spiro atoms. The molecule has 0 radical (unpaired) electrons. The van der Waals surface area contributed by atoms with Crippen molar-refractivity contribution in [3.63, 3.8) is 0 Å². The van der Waals surface area contributed by atoms with Gasteiger partial charge in [0, 0.05) is 23.8 Å². The van der Waals surface area contributed by atoms with Crippen LogP contribution in [0.4, 0.5) is 11.4 Å². The molecule has 1 heterocycles. The Bertz CT molecular complexity index is 1050. The van der Waals surface area contributed by atoms with Gasteiger partial charge in [-0.25, -0.2) is 8.42 Å². The quantitative estimate of drug-likeness (QED) is 0.710. The van der Waals surface area contributed by atoms with E-state index in [1.54, 1.807) is 56.3 Å². The van der Waals surface area contributed by atoms with Gasteiger partial charge in [-0.2, -0.15) is 4.31 Å². The topological polar surface area (TPSA) is 95.6 Å². The second-order valence-corrected chi connectivity index (χ2v) is 9.99. The number of hydrogen-bond donors (Lipinski definition) is 2. The van der Waals surface area contributed by atoms with Gasteiger partial charge in [-0.05, 0) is 49.6 Å². The molecule has 2 aromatic rings. The summed E-state index contributed by atoms with van der Waals surface area (Å²) in [5.41, 5.74) is 1.95. The van der Waals surface area contributed by atoms with Crippen LogP contribution < -0.4 is 10.6 Å². The van der Waals surface area contributed by atoms with Crippen LogP contribution in [0, 0.1) is 12.8 Å². The molecular formula is C23H29N3O4S. The third-order valence-corrected chi connectivity index (χ3v) is 7.32. The van der Waals surface area contributed by atoms with E-state index in [1.165, 1.54) is 4.31 Å². The van der Waals surface area contributed by atoms with Crippen molar-refractivity contribution in [3.05, 3.63) is 54.1 Å². The number of sulfonamides is 1. The lowest BCUT2D eigenvalue weighted by molar-refractivity contribution is -0.120. The maximum absolute atomic E-state index is 13.2. The highest BCUT2D eigenvalue weighted by atomic mass is 32.2. The first-order valence-electron chi connectivity index (χ1n) is 10.5. The van der Waals surface area contributed by atoms with E-state index < -0.39 is 16.1 Å². The van der Waals surface area contributed by atoms with E-state index in [9.17, 15) is 18.0 Å². The van der Waals surface area contributed by atoms with Crippen LogP contribution in [0.15, 0.2) is 53.4 Å². The molecule has 1 saturated heterocycles. The van der Waals surface area contributed by atoms with Gasteiger partial charge in [-0.15, -0.1) is 0 Å².